The monoisotopic (exact) mass is 453 g/mol. The Morgan fingerprint density at radius 2 is 1.75 bits per heavy atom. The number of sulfonamides is 1. The normalized spacial score (nSPS) is 26.2. The molecule has 0 saturated heterocycles. The summed E-state index contributed by atoms with van der Waals surface area (Å²) in [4.78, 5) is 13.3. The van der Waals surface area contributed by atoms with Crippen LogP contribution >= 0.6 is 0 Å². The number of amides is 1. The van der Waals surface area contributed by atoms with E-state index in [0.717, 1.165) is 24.0 Å². The minimum absolute atomic E-state index is 0.147. The SMILES string of the molecule is CNc1ccc(C(=O)N[C@H]2C[C@H]3CC[C@@H]2C3(C)C)cc1S(=O)(=O)N1Cc2ccccc2C1. The summed E-state index contributed by atoms with van der Waals surface area (Å²) in [7, 11) is -2.07. The molecule has 2 bridgehead atoms. The van der Waals surface area contributed by atoms with E-state index in [2.05, 4.69) is 24.5 Å². The van der Waals surface area contributed by atoms with E-state index in [-0.39, 0.29) is 22.3 Å². The van der Waals surface area contributed by atoms with E-state index in [4.69, 9.17) is 0 Å². The van der Waals surface area contributed by atoms with Gasteiger partial charge in [-0.05, 0) is 65.8 Å². The van der Waals surface area contributed by atoms with Crippen molar-refractivity contribution in [1.29, 1.82) is 0 Å². The first-order valence-electron chi connectivity index (χ1n) is 11.4. The van der Waals surface area contributed by atoms with Crippen LogP contribution in [0, 0.1) is 17.3 Å². The van der Waals surface area contributed by atoms with Crippen LogP contribution in [-0.2, 0) is 23.1 Å². The van der Waals surface area contributed by atoms with Crippen LogP contribution in [0.25, 0.3) is 0 Å². The van der Waals surface area contributed by atoms with Gasteiger partial charge in [0.05, 0.1) is 5.69 Å². The van der Waals surface area contributed by atoms with Crippen molar-refractivity contribution in [3.63, 3.8) is 0 Å². The van der Waals surface area contributed by atoms with Crippen LogP contribution in [0.3, 0.4) is 0 Å². The Kier molecular flexibility index (Phi) is 5.09. The molecule has 6 nitrogen and oxygen atoms in total. The van der Waals surface area contributed by atoms with Crippen molar-refractivity contribution in [2.75, 3.05) is 12.4 Å². The van der Waals surface area contributed by atoms with Gasteiger partial charge in [-0.15, -0.1) is 0 Å². The lowest BCUT2D eigenvalue weighted by Gasteiger charge is -2.27. The predicted molar refractivity (Wildman–Crippen MR) is 125 cm³/mol. The third-order valence-electron chi connectivity index (χ3n) is 8.12. The molecule has 2 aromatic rings. The zero-order valence-corrected chi connectivity index (χ0v) is 19.7. The van der Waals surface area contributed by atoms with E-state index in [0.29, 0.717) is 36.2 Å². The summed E-state index contributed by atoms with van der Waals surface area (Å²) in [5.74, 6) is 0.943. The Hall–Kier alpha value is -2.38. The average molecular weight is 454 g/mol. The van der Waals surface area contributed by atoms with Crippen molar-refractivity contribution in [1.82, 2.24) is 9.62 Å². The van der Waals surface area contributed by atoms with Crippen molar-refractivity contribution in [2.45, 2.75) is 57.1 Å². The number of hydrogen-bond donors (Lipinski definition) is 2. The molecule has 0 aromatic heterocycles. The lowest BCUT2D eigenvalue weighted by molar-refractivity contribution is 0.0917. The molecule has 2 aromatic carbocycles. The standard InChI is InChI=1S/C25H31N3O3S/c1-25(2)19-9-10-20(25)22(13-19)27-24(29)16-8-11-21(26-3)23(12-16)32(30,31)28-14-17-6-4-5-7-18(17)15-28/h4-8,11-12,19-20,22,26H,9-10,13-15H2,1-3H3,(H,27,29)/t19-,20+,22+/m1/s1. The van der Waals surface area contributed by atoms with Crippen LogP contribution in [0.5, 0.6) is 0 Å². The molecule has 7 heteroatoms. The lowest BCUT2D eigenvalue weighted by Crippen LogP contribution is -2.40. The van der Waals surface area contributed by atoms with Crippen molar-refractivity contribution in [3.05, 3.63) is 59.2 Å². The first-order chi connectivity index (χ1) is 15.2. The first kappa shape index (κ1) is 21.5. The molecular weight excluding hydrogens is 422 g/mol. The lowest BCUT2D eigenvalue weighted by atomic mass is 9.81. The number of anilines is 1. The number of rotatable bonds is 5. The number of carbonyl (C=O) groups is 1. The second-order valence-electron chi connectivity index (χ2n) is 10.0. The molecule has 0 spiro atoms. The quantitative estimate of drug-likeness (QED) is 0.718. The second kappa shape index (κ2) is 7.59. The second-order valence-corrected chi connectivity index (χ2v) is 11.9. The van der Waals surface area contributed by atoms with Gasteiger partial charge in [-0.25, -0.2) is 8.42 Å². The third-order valence-corrected chi connectivity index (χ3v) is 9.95. The Morgan fingerprint density at radius 3 is 2.31 bits per heavy atom. The molecule has 170 valence electrons. The number of nitrogens with one attached hydrogen (secondary N) is 2. The maximum absolute atomic E-state index is 13.5. The highest BCUT2D eigenvalue weighted by atomic mass is 32.2. The van der Waals surface area contributed by atoms with Gasteiger partial charge in [-0.3, -0.25) is 4.79 Å². The molecule has 2 fully saturated rings. The Morgan fingerprint density at radius 1 is 1.06 bits per heavy atom. The smallest absolute Gasteiger partial charge is 0.251 e. The zero-order valence-electron chi connectivity index (χ0n) is 18.9. The molecule has 5 rings (SSSR count). The van der Waals surface area contributed by atoms with Gasteiger partial charge in [-0.2, -0.15) is 4.31 Å². The van der Waals surface area contributed by atoms with Crippen molar-refractivity contribution in [2.24, 2.45) is 17.3 Å². The van der Waals surface area contributed by atoms with Gasteiger partial charge in [0.1, 0.15) is 4.90 Å². The highest BCUT2D eigenvalue weighted by Crippen LogP contribution is 2.57. The van der Waals surface area contributed by atoms with E-state index >= 15 is 0 Å². The highest BCUT2D eigenvalue weighted by molar-refractivity contribution is 7.89. The summed E-state index contributed by atoms with van der Waals surface area (Å²) in [6.45, 7) is 5.31. The van der Waals surface area contributed by atoms with Gasteiger partial charge in [0.25, 0.3) is 5.91 Å². The van der Waals surface area contributed by atoms with E-state index in [1.165, 1.54) is 16.8 Å². The van der Waals surface area contributed by atoms with E-state index < -0.39 is 10.0 Å². The van der Waals surface area contributed by atoms with Gasteiger partial charge < -0.3 is 10.6 Å². The molecule has 2 N–H and O–H groups in total. The van der Waals surface area contributed by atoms with Crippen LogP contribution in [0.1, 0.15) is 54.6 Å². The van der Waals surface area contributed by atoms with Gasteiger partial charge in [0.15, 0.2) is 0 Å². The molecule has 3 atom stereocenters. The maximum atomic E-state index is 13.5. The van der Waals surface area contributed by atoms with Gasteiger partial charge in [0.2, 0.25) is 10.0 Å². The number of nitrogens with zero attached hydrogens (tertiary/aromatic N) is 1. The molecule has 1 heterocycles. The topological polar surface area (TPSA) is 78.5 Å². The van der Waals surface area contributed by atoms with E-state index in [9.17, 15) is 13.2 Å². The zero-order chi connectivity index (χ0) is 22.7. The highest BCUT2D eigenvalue weighted by Gasteiger charge is 2.53. The molecule has 1 aliphatic heterocycles. The predicted octanol–water partition coefficient (Wildman–Crippen LogP) is 3.99. The molecule has 1 amide bonds. The molecular formula is C25H31N3O3S. The molecule has 0 radical (unpaired) electrons. The van der Waals surface area contributed by atoms with Gasteiger partial charge >= 0.3 is 0 Å². The summed E-state index contributed by atoms with van der Waals surface area (Å²) >= 11 is 0. The van der Waals surface area contributed by atoms with Gasteiger partial charge in [0, 0.05) is 31.7 Å². The van der Waals surface area contributed by atoms with Gasteiger partial charge in [-0.1, -0.05) is 38.1 Å². The maximum Gasteiger partial charge on any atom is 0.251 e. The van der Waals surface area contributed by atoms with Crippen LogP contribution in [0.15, 0.2) is 47.4 Å². The van der Waals surface area contributed by atoms with Crippen LogP contribution < -0.4 is 10.6 Å². The molecule has 2 aliphatic carbocycles. The molecule has 3 aliphatic rings. The number of hydrogen-bond acceptors (Lipinski definition) is 4. The van der Waals surface area contributed by atoms with Crippen LogP contribution in [0.2, 0.25) is 0 Å². The Balaban J connectivity index is 1.40. The largest absolute Gasteiger partial charge is 0.387 e. The van der Waals surface area contributed by atoms with E-state index in [1.807, 2.05) is 24.3 Å². The van der Waals surface area contributed by atoms with Crippen LogP contribution in [0.4, 0.5) is 5.69 Å². The van der Waals surface area contributed by atoms with Crippen molar-refractivity contribution >= 4 is 21.6 Å². The number of benzene rings is 2. The molecule has 2 saturated carbocycles. The summed E-state index contributed by atoms with van der Waals surface area (Å²) in [5.41, 5.74) is 3.19. The first-order valence-corrected chi connectivity index (χ1v) is 12.9. The summed E-state index contributed by atoms with van der Waals surface area (Å²) < 4.78 is 28.6. The summed E-state index contributed by atoms with van der Waals surface area (Å²) in [5, 5.41) is 6.20. The molecule has 0 unspecified atom stereocenters. The third kappa shape index (κ3) is 3.33. The van der Waals surface area contributed by atoms with Crippen molar-refractivity contribution in [3.8, 4) is 0 Å². The van der Waals surface area contributed by atoms with E-state index in [1.54, 1.807) is 19.2 Å². The minimum atomic E-state index is -3.77. The Labute approximate surface area is 190 Å². The molecule has 32 heavy (non-hydrogen) atoms. The summed E-state index contributed by atoms with van der Waals surface area (Å²) in [6, 6.07) is 12.9. The summed E-state index contributed by atoms with van der Waals surface area (Å²) in [6.07, 6.45) is 3.40. The van der Waals surface area contributed by atoms with Crippen LogP contribution in [-0.4, -0.2) is 31.7 Å². The Bertz CT molecular complexity index is 1150. The fourth-order valence-electron chi connectivity index (χ4n) is 6.15. The average Bonchev–Trinajstić information content (AvgIpc) is 3.41. The van der Waals surface area contributed by atoms with Crippen molar-refractivity contribution < 1.29 is 13.2 Å². The fraction of sp³-hybridized carbons (Fsp3) is 0.480. The minimum Gasteiger partial charge on any atom is -0.387 e. The number of carbonyl (C=O) groups excluding carboxylic acids is 1. The fourth-order valence-corrected chi connectivity index (χ4v) is 7.77. The number of fused-ring (bicyclic) bond motifs is 3.